The number of likely N-dealkylation sites (N-methyl/N-ethyl adjacent to an activating group) is 1. The molecule has 0 saturated carbocycles. The van der Waals surface area contributed by atoms with Crippen LogP contribution in [0.2, 0.25) is 0 Å². The molecular weight excluding hydrogens is 386 g/mol. The number of sulfonamides is 1. The van der Waals surface area contributed by atoms with E-state index in [1.807, 2.05) is 30.1 Å². The average molecular weight is 416 g/mol. The molecule has 2 aromatic rings. The molecule has 1 heterocycles. The van der Waals surface area contributed by atoms with Crippen LogP contribution in [0.4, 0.5) is 5.69 Å². The van der Waals surface area contributed by atoms with Gasteiger partial charge in [0.1, 0.15) is 0 Å². The molecule has 29 heavy (non-hydrogen) atoms. The molecule has 0 radical (unpaired) electrons. The molecule has 0 spiro atoms. The molecule has 0 unspecified atom stereocenters. The number of aryl methyl sites for hydroxylation is 1. The Balaban J connectivity index is 1.50. The summed E-state index contributed by atoms with van der Waals surface area (Å²) in [4.78, 5) is 14.6. The molecule has 1 fully saturated rings. The van der Waals surface area contributed by atoms with Crippen LogP contribution < -0.4 is 5.32 Å². The van der Waals surface area contributed by atoms with Crippen LogP contribution in [0.5, 0.6) is 0 Å². The maximum Gasteiger partial charge on any atom is 0.243 e. The van der Waals surface area contributed by atoms with Crippen molar-refractivity contribution in [2.75, 3.05) is 38.5 Å². The predicted molar refractivity (Wildman–Crippen MR) is 115 cm³/mol. The van der Waals surface area contributed by atoms with Gasteiger partial charge in [0.25, 0.3) is 0 Å². The van der Waals surface area contributed by atoms with Crippen LogP contribution >= 0.6 is 0 Å². The average Bonchev–Trinajstić information content (AvgIpc) is 3.24. The number of nitrogens with one attached hydrogen (secondary N) is 1. The fourth-order valence-electron chi connectivity index (χ4n) is 3.53. The maximum absolute atomic E-state index is 12.7. The number of rotatable bonds is 9. The fraction of sp³-hybridized carbons (Fsp3) is 0.409. The maximum atomic E-state index is 12.7. The normalized spacial score (nSPS) is 15.0. The summed E-state index contributed by atoms with van der Waals surface area (Å²) in [6, 6.07) is 16.8. The Labute approximate surface area is 173 Å². The molecule has 1 amide bonds. The van der Waals surface area contributed by atoms with Gasteiger partial charge in [0.2, 0.25) is 15.9 Å². The van der Waals surface area contributed by atoms with Crippen LogP contribution in [0.3, 0.4) is 0 Å². The Morgan fingerprint density at radius 3 is 2.52 bits per heavy atom. The zero-order valence-electron chi connectivity index (χ0n) is 16.9. The lowest BCUT2D eigenvalue weighted by Gasteiger charge is -2.18. The molecule has 1 aliphatic rings. The Kier molecular flexibility index (Phi) is 7.41. The third-order valence-corrected chi connectivity index (χ3v) is 6.98. The highest BCUT2D eigenvalue weighted by Crippen LogP contribution is 2.23. The van der Waals surface area contributed by atoms with Gasteiger partial charge in [-0.1, -0.05) is 36.4 Å². The lowest BCUT2D eigenvalue weighted by Crippen LogP contribution is -2.31. The van der Waals surface area contributed by atoms with Crippen molar-refractivity contribution in [3.05, 3.63) is 60.2 Å². The van der Waals surface area contributed by atoms with Crippen molar-refractivity contribution in [1.82, 2.24) is 9.21 Å². The lowest BCUT2D eigenvalue weighted by molar-refractivity contribution is -0.117. The van der Waals surface area contributed by atoms with E-state index in [4.69, 9.17) is 0 Å². The second-order valence-electron chi connectivity index (χ2n) is 7.51. The first-order valence-electron chi connectivity index (χ1n) is 10.1. The number of anilines is 1. The second-order valence-corrected chi connectivity index (χ2v) is 9.45. The third-order valence-electron chi connectivity index (χ3n) is 5.08. The molecule has 0 bridgehead atoms. The highest BCUT2D eigenvalue weighted by atomic mass is 32.2. The molecule has 2 aromatic carbocycles. The number of carbonyl (C=O) groups is 1. The van der Waals surface area contributed by atoms with Crippen LogP contribution in [0.1, 0.15) is 24.8 Å². The SMILES string of the molecule is CN(CCCc1ccccc1)CC(=O)Nc1cccc(S(=O)(=O)N2CCCC2)c1. The van der Waals surface area contributed by atoms with Gasteiger partial charge >= 0.3 is 0 Å². The van der Waals surface area contributed by atoms with E-state index in [9.17, 15) is 13.2 Å². The minimum atomic E-state index is -3.49. The van der Waals surface area contributed by atoms with E-state index in [1.54, 1.807) is 24.3 Å². The van der Waals surface area contributed by atoms with Crippen molar-refractivity contribution in [3.8, 4) is 0 Å². The van der Waals surface area contributed by atoms with Crippen molar-refractivity contribution in [2.45, 2.75) is 30.6 Å². The van der Waals surface area contributed by atoms with Gasteiger partial charge in [-0.2, -0.15) is 4.31 Å². The van der Waals surface area contributed by atoms with E-state index < -0.39 is 10.0 Å². The van der Waals surface area contributed by atoms with Crippen LogP contribution in [0.15, 0.2) is 59.5 Å². The molecule has 156 valence electrons. The van der Waals surface area contributed by atoms with Crippen molar-refractivity contribution in [2.24, 2.45) is 0 Å². The zero-order chi connectivity index (χ0) is 20.7. The Morgan fingerprint density at radius 2 is 1.79 bits per heavy atom. The first-order chi connectivity index (χ1) is 13.9. The summed E-state index contributed by atoms with van der Waals surface area (Å²) in [5.41, 5.74) is 1.80. The fourth-order valence-corrected chi connectivity index (χ4v) is 5.10. The molecule has 1 saturated heterocycles. The number of amides is 1. The van der Waals surface area contributed by atoms with Gasteiger partial charge in [-0.05, 0) is 63.0 Å². The molecule has 3 rings (SSSR count). The summed E-state index contributed by atoms with van der Waals surface area (Å²) in [6.07, 6.45) is 3.74. The summed E-state index contributed by atoms with van der Waals surface area (Å²) in [5.74, 6) is -0.150. The number of hydrogen-bond donors (Lipinski definition) is 1. The second kappa shape index (κ2) is 10.0. The van der Waals surface area contributed by atoms with Gasteiger partial charge in [-0.15, -0.1) is 0 Å². The van der Waals surface area contributed by atoms with Gasteiger partial charge in [0.05, 0.1) is 11.4 Å². The van der Waals surface area contributed by atoms with Gasteiger partial charge in [-0.3, -0.25) is 9.69 Å². The van der Waals surface area contributed by atoms with E-state index in [0.29, 0.717) is 18.8 Å². The highest BCUT2D eigenvalue weighted by molar-refractivity contribution is 7.89. The van der Waals surface area contributed by atoms with Gasteiger partial charge in [0.15, 0.2) is 0 Å². The van der Waals surface area contributed by atoms with Crippen molar-refractivity contribution in [1.29, 1.82) is 0 Å². The molecule has 0 atom stereocenters. The Bertz CT molecular complexity index is 910. The van der Waals surface area contributed by atoms with Crippen LogP contribution in [-0.4, -0.2) is 56.8 Å². The van der Waals surface area contributed by atoms with Gasteiger partial charge < -0.3 is 5.32 Å². The standard InChI is InChI=1S/C22H29N3O3S/c1-24(14-8-11-19-9-3-2-4-10-19)18-22(26)23-20-12-7-13-21(17-20)29(27,28)25-15-5-6-16-25/h2-4,7,9-10,12-13,17H,5-6,8,11,14-16,18H2,1H3,(H,23,26). The quantitative estimate of drug-likeness (QED) is 0.684. The summed E-state index contributed by atoms with van der Waals surface area (Å²) < 4.78 is 26.9. The monoisotopic (exact) mass is 415 g/mol. The summed E-state index contributed by atoms with van der Waals surface area (Å²) in [7, 11) is -1.57. The minimum Gasteiger partial charge on any atom is -0.325 e. The van der Waals surface area contributed by atoms with E-state index in [2.05, 4.69) is 17.4 Å². The lowest BCUT2D eigenvalue weighted by atomic mass is 10.1. The molecule has 7 heteroatoms. The summed E-state index contributed by atoms with van der Waals surface area (Å²) >= 11 is 0. The predicted octanol–water partition coefficient (Wildman–Crippen LogP) is 2.97. The molecule has 0 aliphatic carbocycles. The number of hydrogen-bond acceptors (Lipinski definition) is 4. The Morgan fingerprint density at radius 1 is 1.07 bits per heavy atom. The van der Waals surface area contributed by atoms with E-state index >= 15 is 0 Å². The van der Waals surface area contributed by atoms with Crippen molar-refractivity contribution >= 4 is 21.6 Å². The van der Waals surface area contributed by atoms with Crippen LogP contribution in [0.25, 0.3) is 0 Å². The molecule has 6 nitrogen and oxygen atoms in total. The molecule has 0 aromatic heterocycles. The Hall–Kier alpha value is -2.22. The topological polar surface area (TPSA) is 69.7 Å². The van der Waals surface area contributed by atoms with Gasteiger partial charge in [-0.25, -0.2) is 8.42 Å². The number of benzene rings is 2. The molecule has 1 N–H and O–H groups in total. The van der Waals surface area contributed by atoms with Crippen molar-refractivity contribution < 1.29 is 13.2 Å². The number of nitrogens with zero attached hydrogens (tertiary/aromatic N) is 2. The largest absolute Gasteiger partial charge is 0.325 e. The zero-order valence-corrected chi connectivity index (χ0v) is 17.7. The molecular formula is C22H29N3O3S. The smallest absolute Gasteiger partial charge is 0.243 e. The van der Waals surface area contributed by atoms with E-state index in [0.717, 1.165) is 32.2 Å². The minimum absolute atomic E-state index is 0.150. The van der Waals surface area contributed by atoms with Crippen LogP contribution in [-0.2, 0) is 21.2 Å². The first-order valence-corrected chi connectivity index (χ1v) is 11.5. The van der Waals surface area contributed by atoms with E-state index in [-0.39, 0.29) is 17.3 Å². The summed E-state index contributed by atoms with van der Waals surface area (Å²) in [6.45, 7) is 2.20. The summed E-state index contributed by atoms with van der Waals surface area (Å²) in [5, 5.41) is 2.82. The third kappa shape index (κ3) is 6.13. The molecule has 1 aliphatic heterocycles. The van der Waals surface area contributed by atoms with Gasteiger partial charge in [0, 0.05) is 18.8 Å². The van der Waals surface area contributed by atoms with E-state index in [1.165, 1.54) is 9.87 Å². The highest BCUT2D eigenvalue weighted by Gasteiger charge is 2.27. The van der Waals surface area contributed by atoms with Crippen molar-refractivity contribution in [3.63, 3.8) is 0 Å². The van der Waals surface area contributed by atoms with Crippen LogP contribution in [0, 0.1) is 0 Å². The number of carbonyl (C=O) groups excluding carboxylic acids is 1. The first kappa shape index (κ1) is 21.5.